The van der Waals surface area contributed by atoms with Crippen molar-refractivity contribution in [3.63, 3.8) is 0 Å². The van der Waals surface area contributed by atoms with Gasteiger partial charge in [-0.3, -0.25) is 9.59 Å². The van der Waals surface area contributed by atoms with Crippen LogP contribution in [0, 0.1) is 0 Å². The summed E-state index contributed by atoms with van der Waals surface area (Å²) in [6.07, 6.45) is -5.15. The third-order valence-electron chi connectivity index (χ3n) is 5.24. The van der Waals surface area contributed by atoms with Gasteiger partial charge in [0.1, 0.15) is 12.6 Å². The van der Waals surface area contributed by atoms with Crippen molar-refractivity contribution in [2.75, 3.05) is 6.61 Å². The van der Waals surface area contributed by atoms with E-state index in [-0.39, 0.29) is 18.9 Å². The second-order valence-electron chi connectivity index (χ2n) is 7.66. The van der Waals surface area contributed by atoms with Crippen molar-refractivity contribution >= 4 is 18.0 Å². The summed E-state index contributed by atoms with van der Waals surface area (Å²) < 4.78 is 31.2. The molecule has 9 heteroatoms. The molecule has 3 N–H and O–H groups in total. The number of rotatable bonds is 9. The Kier molecular flexibility index (Phi) is 7.40. The Hall–Kier alpha value is -3.49. The van der Waals surface area contributed by atoms with Crippen LogP contribution >= 0.6 is 0 Å². The van der Waals surface area contributed by atoms with Gasteiger partial charge in [-0.05, 0) is 29.2 Å². The largest absolute Gasteiger partial charge is 0.481 e. The smallest absolute Gasteiger partial charge is 0.407 e. The normalized spacial score (nSPS) is 14.2. The average Bonchev–Trinajstić information content (AvgIpc) is 3.04. The maximum atomic E-state index is 12.9. The predicted octanol–water partition coefficient (Wildman–Crippen LogP) is 3.53. The number of ether oxygens (including phenoxy) is 1. The number of carbonyl (C=O) groups excluding carboxylic acids is 2. The zero-order chi connectivity index (χ0) is 23.3. The molecule has 2 amide bonds. The van der Waals surface area contributed by atoms with Crippen LogP contribution in [0.25, 0.3) is 11.1 Å². The Bertz CT molecular complexity index is 952. The van der Waals surface area contributed by atoms with Crippen molar-refractivity contribution in [2.24, 2.45) is 0 Å². The van der Waals surface area contributed by atoms with E-state index in [0.717, 1.165) is 22.3 Å². The molecule has 2 aromatic rings. The molecular formula is C23H24F2N2O5. The second-order valence-corrected chi connectivity index (χ2v) is 7.66. The molecule has 170 valence electrons. The number of alkyl carbamates (subject to hydrolysis) is 1. The topological polar surface area (TPSA) is 105 Å². The molecule has 1 aliphatic rings. The number of amides is 2. The van der Waals surface area contributed by atoms with Crippen molar-refractivity contribution < 1.29 is 33.0 Å². The molecule has 0 saturated heterocycles. The number of nitrogens with one attached hydrogen (secondary N) is 2. The minimum absolute atomic E-state index is 0.0295. The van der Waals surface area contributed by atoms with E-state index in [1.165, 1.54) is 6.92 Å². The fourth-order valence-electron chi connectivity index (χ4n) is 3.85. The fraction of sp³-hybridized carbons (Fsp3) is 0.348. The molecule has 2 aromatic carbocycles. The van der Waals surface area contributed by atoms with Crippen LogP contribution in [-0.4, -0.2) is 48.2 Å². The van der Waals surface area contributed by atoms with Crippen LogP contribution in [0.15, 0.2) is 48.5 Å². The highest BCUT2D eigenvalue weighted by molar-refractivity contribution is 5.86. The van der Waals surface area contributed by atoms with Crippen molar-refractivity contribution in [1.29, 1.82) is 0 Å². The van der Waals surface area contributed by atoms with Gasteiger partial charge < -0.3 is 20.5 Å². The number of carbonyl (C=O) groups is 3. The van der Waals surface area contributed by atoms with Crippen molar-refractivity contribution in [2.45, 2.75) is 44.2 Å². The molecule has 2 atom stereocenters. The van der Waals surface area contributed by atoms with Gasteiger partial charge in [0.15, 0.2) is 0 Å². The number of fused-ring (bicyclic) bond motifs is 3. The first-order chi connectivity index (χ1) is 15.3. The lowest BCUT2D eigenvalue weighted by Crippen LogP contribution is -2.50. The summed E-state index contributed by atoms with van der Waals surface area (Å²) in [5.41, 5.74) is 4.07. The summed E-state index contributed by atoms with van der Waals surface area (Å²) in [4.78, 5) is 35.4. The standard InChI is InChI=1S/C23H24F2N2O5/c1-13(10-21(28)29)26-22(30)19(11-20(24)25)27-23(31)32-12-18-16-8-4-2-6-14(16)15-7-3-5-9-17(15)18/h2-9,13,18-20H,10-12H2,1H3,(H,26,30)(H,27,31)(H,28,29)/t13-,19?/m1/s1. The van der Waals surface area contributed by atoms with Crippen molar-refractivity contribution in [3.8, 4) is 11.1 Å². The highest BCUT2D eigenvalue weighted by atomic mass is 19.3. The van der Waals surface area contributed by atoms with E-state index in [1.54, 1.807) is 0 Å². The third kappa shape index (κ3) is 5.60. The molecule has 3 rings (SSSR count). The van der Waals surface area contributed by atoms with Gasteiger partial charge in [0.2, 0.25) is 12.3 Å². The summed E-state index contributed by atoms with van der Waals surface area (Å²) in [6.45, 7) is 1.40. The summed E-state index contributed by atoms with van der Waals surface area (Å²) in [5.74, 6) is -2.26. The minimum Gasteiger partial charge on any atom is -0.481 e. The Morgan fingerprint density at radius 1 is 1.00 bits per heavy atom. The molecule has 0 saturated carbocycles. The van der Waals surface area contributed by atoms with Crippen LogP contribution in [-0.2, 0) is 14.3 Å². The Balaban J connectivity index is 1.64. The first-order valence-electron chi connectivity index (χ1n) is 10.2. The molecule has 0 spiro atoms. The molecule has 0 radical (unpaired) electrons. The first kappa shape index (κ1) is 23.2. The van der Waals surface area contributed by atoms with Crippen LogP contribution < -0.4 is 10.6 Å². The number of alkyl halides is 2. The van der Waals surface area contributed by atoms with Crippen LogP contribution in [0.3, 0.4) is 0 Å². The van der Waals surface area contributed by atoms with Gasteiger partial charge in [0, 0.05) is 18.4 Å². The number of aliphatic carboxylic acids is 1. The number of hydrogen-bond acceptors (Lipinski definition) is 4. The van der Waals surface area contributed by atoms with E-state index in [4.69, 9.17) is 9.84 Å². The lowest BCUT2D eigenvalue weighted by Gasteiger charge is -2.21. The Labute approximate surface area is 183 Å². The summed E-state index contributed by atoms with van der Waals surface area (Å²) >= 11 is 0. The molecule has 32 heavy (non-hydrogen) atoms. The third-order valence-corrected chi connectivity index (χ3v) is 5.24. The Morgan fingerprint density at radius 2 is 1.56 bits per heavy atom. The van der Waals surface area contributed by atoms with E-state index in [9.17, 15) is 23.2 Å². The Morgan fingerprint density at radius 3 is 2.09 bits per heavy atom. The number of hydrogen-bond donors (Lipinski definition) is 3. The van der Waals surface area contributed by atoms with Crippen LogP contribution in [0.2, 0.25) is 0 Å². The van der Waals surface area contributed by atoms with Gasteiger partial charge in [0.25, 0.3) is 0 Å². The lowest BCUT2D eigenvalue weighted by atomic mass is 9.98. The molecular weight excluding hydrogens is 422 g/mol. The second kappa shape index (κ2) is 10.2. The molecule has 1 unspecified atom stereocenters. The number of benzene rings is 2. The summed E-state index contributed by atoms with van der Waals surface area (Å²) in [7, 11) is 0. The summed E-state index contributed by atoms with van der Waals surface area (Å²) in [6, 6.07) is 13.1. The van der Waals surface area contributed by atoms with Gasteiger partial charge in [-0.25, -0.2) is 13.6 Å². The number of carboxylic acids is 1. The van der Waals surface area contributed by atoms with E-state index >= 15 is 0 Å². The molecule has 0 fully saturated rings. The van der Waals surface area contributed by atoms with Gasteiger partial charge in [-0.1, -0.05) is 48.5 Å². The fourth-order valence-corrected chi connectivity index (χ4v) is 3.85. The van der Waals surface area contributed by atoms with Gasteiger partial charge >= 0.3 is 12.1 Å². The predicted molar refractivity (Wildman–Crippen MR) is 112 cm³/mol. The maximum Gasteiger partial charge on any atom is 0.407 e. The molecule has 7 nitrogen and oxygen atoms in total. The van der Waals surface area contributed by atoms with Gasteiger partial charge in [0.05, 0.1) is 6.42 Å². The van der Waals surface area contributed by atoms with Gasteiger partial charge in [-0.15, -0.1) is 0 Å². The van der Waals surface area contributed by atoms with E-state index < -0.39 is 42.9 Å². The quantitative estimate of drug-likeness (QED) is 0.547. The van der Waals surface area contributed by atoms with Crippen molar-refractivity contribution in [3.05, 3.63) is 59.7 Å². The monoisotopic (exact) mass is 446 g/mol. The molecule has 0 aromatic heterocycles. The number of carboxylic acid groups (broad SMARTS) is 1. The zero-order valence-corrected chi connectivity index (χ0v) is 17.4. The van der Waals surface area contributed by atoms with E-state index in [2.05, 4.69) is 10.6 Å². The molecule has 0 bridgehead atoms. The van der Waals surface area contributed by atoms with Crippen LogP contribution in [0.1, 0.15) is 36.8 Å². The van der Waals surface area contributed by atoms with Gasteiger partial charge in [-0.2, -0.15) is 0 Å². The first-order valence-corrected chi connectivity index (χ1v) is 10.2. The summed E-state index contributed by atoms with van der Waals surface area (Å²) in [5, 5.41) is 13.3. The lowest BCUT2D eigenvalue weighted by molar-refractivity contribution is -0.137. The van der Waals surface area contributed by atoms with Crippen LogP contribution in [0.5, 0.6) is 0 Å². The van der Waals surface area contributed by atoms with Crippen LogP contribution in [0.4, 0.5) is 13.6 Å². The molecule has 0 aliphatic heterocycles. The maximum absolute atomic E-state index is 12.9. The van der Waals surface area contributed by atoms with E-state index in [0.29, 0.717) is 0 Å². The SMILES string of the molecule is C[C@H](CC(=O)O)NC(=O)C(CC(F)F)NC(=O)OCC1c2ccccc2-c2ccccc21. The van der Waals surface area contributed by atoms with Crippen molar-refractivity contribution in [1.82, 2.24) is 10.6 Å². The molecule has 0 heterocycles. The zero-order valence-electron chi connectivity index (χ0n) is 17.4. The highest BCUT2D eigenvalue weighted by Gasteiger charge is 2.30. The highest BCUT2D eigenvalue weighted by Crippen LogP contribution is 2.44. The average molecular weight is 446 g/mol. The van der Waals surface area contributed by atoms with E-state index in [1.807, 2.05) is 48.5 Å². The molecule has 1 aliphatic carbocycles. The number of halogens is 2. The minimum atomic E-state index is -2.85.